The van der Waals surface area contributed by atoms with E-state index in [0.29, 0.717) is 10.0 Å². The molecule has 0 aliphatic heterocycles. The fraction of sp³-hybridized carbons (Fsp3) is 0.0588. The molecule has 1 amide bonds. The minimum atomic E-state index is -0.213. The summed E-state index contributed by atoms with van der Waals surface area (Å²) in [5, 5.41) is 3.79. The molecule has 5 heteroatoms. The summed E-state index contributed by atoms with van der Waals surface area (Å²) in [7, 11) is 0. The summed E-state index contributed by atoms with van der Waals surface area (Å²) < 4.78 is 0.995. The molecular formula is C17H11ClN2OS. The van der Waals surface area contributed by atoms with Crippen LogP contribution in [0.5, 0.6) is 0 Å². The third-order valence-electron chi connectivity index (χ3n) is 2.92. The zero-order chi connectivity index (χ0) is 15.4. The highest BCUT2D eigenvalue weighted by Crippen LogP contribution is 2.21. The maximum Gasteiger partial charge on any atom is 0.281 e. The van der Waals surface area contributed by atoms with Crippen molar-refractivity contribution in [1.82, 2.24) is 10.3 Å². The molecule has 1 aromatic heterocycles. The van der Waals surface area contributed by atoms with E-state index < -0.39 is 0 Å². The summed E-state index contributed by atoms with van der Waals surface area (Å²) in [4.78, 5) is 16.3. The van der Waals surface area contributed by atoms with Crippen molar-refractivity contribution < 1.29 is 4.79 Å². The highest BCUT2D eigenvalue weighted by Gasteiger charge is 2.10. The van der Waals surface area contributed by atoms with Crippen LogP contribution in [-0.2, 0) is 0 Å². The molecule has 3 rings (SSSR count). The highest BCUT2D eigenvalue weighted by atomic mass is 35.5. The molecule has 0 spiro atoms. The van der Waals surface area contributed by atoms with Crippen LogP contribution >= 0.6 is 22.9 Å². The van der Waals surface area contributed by atoms with E-state index in [-0.39, 0.29) is 12.5 Å². The largest absolute Gasteiger partial charge is 0.339 e. The van der Waals surface area contributed by atoms with Gasteiger partial charge in [-0.1, -0.05) is 47.7 Å². The Bertz CT molecular complexity index is 859. The summed E-state index contributed by atoms with van der Waals surface area (Å²) in [5.74, 6) is 5.61. The minimum Gasteiger partial charge on any atom is -0.339 e. The Morgan fingerprint density at radius 1 is 1.18 bits per heavy atom. The number of nitrogens with one attached hydrogen (secondary N) is 1. The van der Waals surface area contributed by atoms with Gasteiger partial charge in [0.05, 0.1) is 21.8 Å². The molecule has 2 aromatic carbocycles. The van der Waals surface area contributed by atoms with Crippen LogP contribution in [0.2, 0.25) is 5.02 Å². The molecule has 108 valence electrons. The number of aromatic nitrogens is 1. The Morgan fingerprint density at radius 2 is 1.95 bits per heavy atom. The van der Waals surface area contributed by atoms with Gasteiger partial charge < -0.3 is 5.32 Å². The molecule has 0 fully saturated rings. The van der Waals surface area contributed by atoms with Gasteiger partial charge in [0.25, 0.3) is 5.91 Å². The number of hydrogen-bond acceptors (Lipinski definition) is 3. The molecule has 22 heavy (non-hydrogen) atoms. The average Bonchev–Trinajstić information content (AvgIpc) is 2.97. The lowest BCUT2D eigenvalue weighted by Gasteiger charge is -1.96. The summed E-state index contributed by atoms with van der Waals surface area (Å²) in [6.45, 7) is 0.250. The maximum absolute atomic E-state index is 12.0. The number of amides is 1. The normalized spacial score (nSPS) is 10.0. The standard InChI is InChI=1S/C17H11ClN2OS/c18-13-8-2-1-6-12(13)7-5-11-19-16(21)17-20-14-9-3-4-10-15(14)22-17/h1-4,6,8-10H,11H2,(H,19,21). The van der Waals surface area contributed by atoms with Crippen molar-refractivity contribution >= 4 is 39.1 Å². The Hall–Kier alpha value is -2.35. The second-order valence-electron chi connectivity index (χ2n) is 4.45. The SMILES string of the molecule is O=C(NCC#Cc1ccccc1Cl)c1nc2ccccc2s1. The summed E-state index contributed by atoms with van der Waals surface area (Å²) in [6.07, 6.45) is 0. The van der Waals surface area contributed by atoms with E-state index in [1.807, 2.05) is 42.5 Å². The molecule has 0 unspecified atom stereocenters. The number of carbonyl (C=O) groups excluding carboxylic acids is 1. The van der Waals surface area contributed by atoms with Crippen molar-refractivity contribution in [2.45, 2.75) is 0 Å². The van der Waals surface area contributed by atoms with Gasteiger partial charge in [0.15, 0.2) is 5.01 Å². The van der Waals surface area contributed by atoms with E-state index in [1.54, 1.807) is 6.07 Å². The van der Waals surface area contributed by atoms with Crippen LogP contribution in [0.3, 0.4) is 0 Å². The van der Waals surface area contributed by atoms with Crippen molar-refractivity contribution in [2.24, 2.45) is 0 Å². The van der Waals surface area contributed by atoms with Crippen LogP contribution < -0.4 is 5.32 Å². The highest BCUT2D eigenvalue weighted by molar-refractivity contribution is 7.20. The van der Waals surface area contributed by atoms with Gasteiger partial charge >= 0.3 is 0 Å². The molecule has 0 aliphatic rings. The molecule has 0 atom stereocenters. The summed E-state index contributed by atoms with van der Waals surface area (Å²) in [6, 6.07) is 15.0. The number of fused-ring (bicyclic) bond motifs is 1. The molecule has 0 saturated heterocycles. The van der Waals surface area contributed by atoms with Crippen molar-refractivity contribution in [3.05, 3.63) is 64.1 Å². The Kier molecular flexibility index (Phi) is 4.38. The molecule has 0 radical (unpaired) electrons. The van der Waals surface area contributed by atoms with E-state index in [4.69, 9.17) is 11.6 Å². The van der Waals surface area contributed by atoms with Gasteiger partial charge in [-0.3, -0.25) is 4.79 Å². The fourth-order valence-corrected chi connectivity index (χ4v) is 2.94. The van der Waals surface area contributed by atoms with Crippen LogP contribution in [0.25, 0.3) is 10.2 Å². The zero-order valence-corrected chi connectivity index (χ0v) is 13.0. The third-order valence-corrected chi connectivity index (χ3v) is 4.29. The number of benzene rings is 2. The molecule has 0 aliphatic carbocycles. The number of carbonyl (C=O) groups is 1. The first-order chi connectivity index (χ1) is 10.7. The Labute approximate surface area is 137 Å². The van der Waals surface area contributed by atoms with Crippen LogP contribution in [0.4, 0.5) is 0 Å². The lowest BCUT2D eigenvalue weighted by Crippen LogP contribution is -2.23. The molecule has 0 bridgehead atoms. The molecule has 0 saturated carbocycles. The molecule has 3 aromatic rings. The van der Waals surface area contributed by atoms with Gasteiger partial charge in [0.1, 0.15) is 0 Å². The monoisotopic (exact) mass is 326 g/mol. The van der Waals surface area contributed by atoms with E-state index >= 15 is 0 Å². The molecular weight excluding hydrogens is 316 g/mol. The number of nitrogens with zero attached hydrogens (tertiary/aromatic N) is 1. The Balaban J connectivity index is 1.65. The quantitative estimate of drug-likeness (QED) is 0.729. The molecule has 3 nitrogen and oxygen atoms in total. The van der Waals surface area contributed by atoms with Crippen LogP contribution in [-0.4, -0.2) is 17.4 Å². The molecule has 1 N–H and O–H groups in total. The number of hydrogen-bond donors (Lipinski definition) is 1. The van der Waals surface area contributed by atoms with Crippen molar-refractivity contribution in [3.8, 4) is 11.8 Å². The third kappa shape index (κ3) is 3.28. The van der Waals surface area contributed by atoms with Crippen molar-refractivity contribution in [3.63, 3.8) is 0 Å². The van der Waals surface area contributed by atoms with Gasteiger partial charge in [0, 0.05) is 5.56 Å². The average molecular weight is 327 g/mol. The maximum atomic E-state index is 12.0. The van der Waals surface area contributed by atoms with Crippen molar-refractivity contribution in [2.75, 3.05) is 6.54 Å². The lowest BCUT2D eigenvalue weighted by atomic mass is 10.2. The van der Waals surface area contributed by atoms with Gasteiger partial charge in [-0.2, -0.15) is 0 Å². The number of para-hydroxylation sites is 1. The van der Waals surface area contributed by atoms with Crippen LogP contribution in [0.1, 0.15) is 15.4 Å². The summed E-state index contributed by atoms with van der Waals surface area (Å²) >= 11 is 7.38. The predicted octanol–water partition coefficient (Wildman–Crippen LogP) is 3.73. The van der Waals surface area contributed by atoms with Crippen LogP contribution in [0.15, 0.2) is 48.5 Å². The van der Waals surface area contributed by atoms with Gasteiger partial charge in [-0.05, 0) is 24.3 Å². The topological polar surface area (TPSA) is 42.0 Å². The molecule has 1 heterocycles. The van der Waals surface area contributed by atoms with Crippen LogP contribution in [0, 0.1) is 11.8 Å². The number of halogens is 1. The van der Waals surface area contributed by atoms with E-state index in [2.05, 4.69) is 22.1 Å². The van der Waals surface area contributed by atoms with E-state index in [9.17, 15) is 4.79 Å². The first-order valence-electron chi connectivity index (χ1n) is 6.61. The Morgan fingerprint density at radius 3 is 2.77 bits per heavy atom. The van der Waals surface area contributed by atoms with E-state index in [0.717, 1.165) is 15.8 Å². The zero-order valence-electron chi connectivity index (χ0n) is 11.5. The van der Waals surface area contributed by atoms with Gasteiger partial charge in [-0.15, -0.1) is 11.3 Å². The second-order valence-corrected chi connectivity index (χ2v) is 5.89. The fourth-order valence-electron chi connectivity index (χ4n) is 1.87. The van der Waals surface area contributed by atoms with Crippen molar-refractivity contribution in [1.29, 1.82) is 0 Å². The number of thiazole rings is 1. The summed E-state index contributed by atoms with van der Waals surface area (Å²) in [5.41, 5.74) is 1.58. The van der Waals surface area contributed by atoms with E-state index in [1.165, 1.54) is 11.3 Å². The number of rotatable bonds is 2. The lowest BCUT2D eigenvalue weighted by molar-refractivity contribution is 0.0958. The predicted molar refractivity (Wildman–Crippen MR) is 90.3 cm³/mol. The smallest absolute Gasteiger partial charge is 0.281 e. The van der Waals surface area contributed by atoms with Gasteiger partial charge in [-0.25, -0.2) is 4.98 Å². The first-order valence-corrected chi connectivity index (χ1v) is 7.80. The van der Waals surface area contributed by atoms with Gasteiger partial charge in [0.2, 0.25) is 0 Å². The minimum absolute atomic E-state index is 0.213. The second kappa shape index (κ2) is 6.61. The first kappa shape index (κ1) is 14.6.